The molecule has 3 atom stereocenters. The van der Waals surface area contributed by atoms with Gasteiger partial charge in [-0.05, 0) is 37.0 Å². The van der Waals surface area contributed by atoms with Crippen molar-refractivity contribution in [3.63, 3.8) is 0 Å². The van der Waals surface area contributed by atoms with Crippen LogP contribution in [0, 0.1) is 29.1 Å². The van der Waals surface area contributed by atoms with Gasteiger partial charge in [0.15, 0.2) is 6.29 Å². The number of rotatable bonds is 3. The van der Waals surface area contributed by atoms with Gasteiger partial charge in [-0.15, -0.1) is 0 Å². The molecule has 1 aliphatic heterocycles. The van der Waals surface area contributed by atoms with E-state index in [1.165, 1.54) is 25.7 Å². The quantitative estimate of drug-likeness (QED) is 0.751. The first-order chi connectivity index (χ1) is 8.94. The van der Waals surface area contributed by atoms with Gasteiger partial charge < -0.3 is 9.47 Å². The van der Waals surface area contributed by atoms with E-state index in [9.17, 15) is 0 Å². The number of ether oxygens (including phenoxy) is 2. The van der Waals surface area contributed by atoms with Crippen molar-refractivity contribution in [2.24, 2.45) is 29.1 Å². The molecule has 0 amide bonds. The van der Waals surface area contributed by atoms with E-state index < -0.39 is 0 Å². The van der Waals surface area contributed by atoms with Crippen LogP contribution in [-0.4, -0.2) is 19.5 Å². The predicted molar refractivity (Wildman–Crippen MR) is 78.9 cm³/mol. The van der Waals surface area contributed by atoms with Gasteiger partial charge >= 0.3 is 0 Å². The lowest BCUT2D eigenvalue weighted by atomic mass is 9.75. The van der Waals surface area contributed by atoms with Crippen LogP contribution in [0.15, 0.2) is 0 Å². The van der Waals surface area contributed by atoms with Crippen molar-refractivity contribution in [1.82, 2.24) is 0 Å². The zero-order valence-electron chi connectivity index (χ0n) is 13.4. The van der Waals surface area contributed by atoms with Gasteiger partial charge in [0.05, 0.1) is 13.2 Å². The molecular formula is C17H32O2. The van der Waals surface area contributed by atoms with Crippen LogP contribution in [0.25, 0.3) is 0 Å². The fourth-order valence-corrected chi connectivity index (χ4v) is 3.92. The van der Waals surface area contributed by atoms with Gasteiger partial charge in [0.25, 0.3) is 0 Å². The standard InChI is InChI=1S/C17H32O2/c1-6-14(4)17(5)10-18-16(19-11-17)15-8-12(2)7-13(3)9-15/h12-16H,6-11H2,1-5H3. The summed E-state index contributed by atoms with van der Waals surface area (Å²) in [5.41, 5.74) is 0.206. The lowest BCUT2D eigenvalue weighted by Crippen LogP contribution is -2.47. The maximum absolute atomic E-state index is 6.13. The van der Waals surface area contributed by atoms with Gasteiger partial charge in [0.2, 0.25) is 0 Å². The Morgan fingerprint density at radius 2 is 1.58 bits per heavy atom. The molecule has 1 saturated heterocycles. The summed E-state index contributed by atoms with van der Waals surface area (Å²) in [4.78, 5) is 0. The molecule has 1 saturated carbocycles. The van der Waals surface area contributed by atoms with Gasteiger partial charge in [-0.3, -0.25) is 0 Å². The molecule has 2 heteroatoms. The minimum atomic E-state index is 0.0577. The summed E-state index contributed by atoms with van der Waals surface area (Å²) in [5.74, 6) is 2.92. The van der Waals surface area contributed by atoms with Crippen LogP contribution >= 0.6 is 0 Å². The zero-order valence-corrected chi connectivity index (χ0v) is 13.4. The minimum absolute atomic E-state index is 0.0577. The Labute approximate surface area is 119 Å². The molecule has 0 aromatic heterocycles. The highest BCUT2D eigenvalue weighted by atomic mass is 16.7. The Balaban J connectivity index is 1.89. The highest BCUT2D eigenvalue weighted by molar-refractivity contribution is 4.85. The summed E-state index contributed by atoms with van der Waals surface area (Å²) < 4.78 is 12.3. The highest BCUT2D eigenvalue weighted by Gasteiger charge is 2.40. The Morgan fingerprint density at radius 1 is 1.05 bits per heavy atom. The van der Waals surface area contributed by atoms with Crippen LogP contribution in [0.3, 0.4) is 0 Å². The molecule has 3 unspecified atom stereocenters. The number of hydrogen-bond donors (Lipinski definition) is 0. The fraction of sp³-hybridized carbons (Fsp3) is 1.00. The van der Waals surface area contributed by atoms with E-state index in [-0.39, 0.29) is 11.7 Å². The molecule has 0 spiro atoms. The van der Waals surface area contributed by atoms with Gasteiger partial charge in [-0.2, -0.15) is 0 Å². The van der Waals surface area contributed by atoms with E-state index in [2.05, 4.69) is 34.6 Å². The SMILES string of the molecule is CCC(C)C1(C)COC(C2CC(C)CC(C)C2)OC1. The van der Waals surface area contributed by atoms with Gasteiger partial charge in [-0.25, -0.2) is 0 Å². The summed E-state index contributed by atoms with van der Waals surface area (Å²) in [6, 6.07) is 0. The van der Waals surface area contributed by atoms with Crippen molar-refractivity contribution in [3.05, 3.63) is 0 Å². The van der Waals surface area contributed by atoms with Gasteiger partial charge in [0.1, 0.15) is 0 Å². The monoisotopic (exact) mass is 268 g/mol. The average Bonchev–Trinajstić information content (AvgIpc) is 2.37. The van der Waals surface area contributed by atoms with E-state index in [1.807, 2.05) is 0 Å². The summed E-state index contributed by atoms with van der Waals surface area (Å²) in [5, 5.41) is 0. The third kappa shape index (κ3) is 3.52. The summed E-state index contributed by atoms with van der Waals surface area (Å²) in [7, 11) is 0. The third-order valence-corrected chi connectivity index (χ3v) is 5.56. The van der Waals surface area contributed by atoms with Crippen LogP contribution in [0.4, 0.5) is 0 Å². The Morgan fingerprint density at radius 3 is 2.05 bits per heavy atom. The Kier molecular flexibility index (Phi) is 4.94. The summed E-state index contributed by atoms with van der Waals surface area (Å²) >= 11 is 0. The molecule has 2 fully saturated rings. The van der Waals surface area contributed by atoms with E-state index in [0.717, 1.165) is 25.0 Å². The molecule has 1 heterocycles. The fourth-order valence-electron chi connectivity index (χ4n) is 3.92. The first kappa shape index (κ1) is 15.3. The zero-order chi connectivity index (χ0) is 14.0. The minimum Gasteiger partial charge on any atom is -0.352 e. The molecule has 1 aliphatic carbocycles. The lowest BCUT2D eigenvalue weighted by Gasteiger charge is -2.45. The van der Waals surface area contributed by atoms with E-state index in [0.29, 0.717) is 11.8 Å². The molecule has 0 N–H and O–H groups in total. The topological polar surface area (TPSA) is 18.5 Å². The maximum atomic E-state index is 6.13. The van der Waals surface area contributed by atoms with E-state index in [1.54, 1.807) is 0 Å². The number of hydrogen-bond acceptors (Lipinski definition) is 2. The van der Waals surface area contributed by atoms with E-state index >= 15 is 0 Å². The molecule has 0 radical (unpaired) electrons. The van der Waals surface area contributed by atoms with Crippen LogP contribution < -0.4 is 0 Å². The predicted octanol–water partition coefficient (Wildman–Crippen LogP) is 4.48. The second kappa shape index (κ2) is 6.13. The molecule has 112 valence electrons. The summed E-state index contributed by atoms with van der Waals surface area (Å²) in [6.07, 6.45) is 5.17. The molecule has 2 aliphatic rings. The summed E-state index contributed by atoms with van der Waals surface area (Å²) in [6.45, 7) is 13.4. The van der Waals surface area contributed by atoms with Gasteiger partial charge in [0, 0.05) is 11.3 Å². The molecule has 0 aromatic rings. The molecule has 0 bridgehead atoms. The second-order valence-corrected chi connectivity index (χ2v) is 7.63. The Bertz CT molecular complexity index is 271. The Hall–Kier alpha value is -0.0800. The maximum Gasteiger partial charge on any atom is 0.160 e. The first-order valence-electron chi connectivity index (χ1n) is 8.17. The lowest BCUT2D eigenvalue weighted by molar-refractivity contribution is -0.261. The third-order valence-electron chi connectivity index (χ3n) is 5.56. The van der Waals surface area contributed by atoms with Crippen molar-refractivity contribution >= 4 is 0 Å². The van der Waals surface area contributed by atoms with Crippen LogP contribution in [0.2, 0.25) is 0 Å². The second-order valence-electron chi connectivity index (χ2n) is 7.63. The molecule has 2 nitrogen and oxygen atoms in total. The van der Waals surface area contributed by atoms with Crippen LogP contribution in [-0.2, 0) is 9.47 Å². The first-order valence-corrected chi connectivity index (χ1v) is 8.17. The van der Waals surface area contributed by atoms with Crippen molar-refractivity contribution in [2.75, 3.05) is 13.2 Å². The highest BCUT2D eigenvalue weighted by Crippen LogP contribution is 2.40. The largest absolute Gasteiger partial charge is 0.352 e. The van der Waals surface area contributed by atoms with Crippen molar-refractivity contribution in [2.45, 2.75) is 66.6 Å². The van der Waals surface area contributed by atoms with Crippen LogP contribution in [0.5, 0.6) is 0 Å². The average molecular weight is 268 g/mol. The smallest absolute Gasteiger partial charge is 0.160 e. The molecular weight excluding hydrogens is 236 g/mol. The molecule has 0 aromatic carbocycles. The molecule has 19 heavy (non-hydrogen) atoms. The van der Waals surface area contributed by atoms with Crippen LogP contribution in [0.1, 0.15) is 60.3 Å². The van der Waals surface area contributed by atoms with Crippen molar-refractivity contribution < 1.29 is 9.47 Å². The van der Waals surface area contributed by atoms with Crippen molar-refractivity contribution in [3.8, 4) is 0 Å². The normalized spacial score (nSPS) is 45.9. The van der Waals surface area contributed by atoms with E-state index in [4.69, 9.17) is 9.47 Å². The van der Waals surface area contributed by atoms with Crippen molar-refractivity contribution in [1.29, 1.82) is 0 Å². The molecule has 2 rings (SSSR count). The van der Waals surface area contributed by atoms with Gasteiger partial charge in [-0.1, -0.05) is 41.0 Å².